The lowest BCUT2D eigenvalue weighted by molar-refractivity contribution is -0.858. The fourth-order valence-corrected chi connectivity index (χ4v) is 3.09. The molecule has 0 saturated carbocycles. The third-order valence-corrected chi connectivity index (χ3v) is 4.37. The van der Waals surface area contributed by atoms with Gasteiger partial charge < -0.3 is 29.2 Å². The quantitative estimate of drug-likeness (QED) is 0.293. The highest BCUT2D eigenvalue weighted by molar-refractivity contribution is 5.69. The van der Waals surface area contributed by atoms with Crippen molar-refractivity contribution in [2.24, 2.45) is 0 Å². The average Bonchev–Trinajstić information content (AvgIpc) is 2.49. The van der Waals surface area contributed by atoms with Crippen molar-refractivity contribution < 1.29 is 19.3 Å². The molecular weight excluding hydrogens is 342 g/mol. The van der Waals surface area contributed by atoms with Gasteiger partial charge in [-0.1, -0.05) is 0 Å². The maximum atomic E-state index is 12.4. The van der Waals surface area contributed by atoms with Crippen LogP contribution in [0.25, 0.3) is 0 Å². The molecule has 0 aromatic carbocycles. The van der Waals surface area contributed by atoms with Gasteiger partial charge in [-0.3, -0.25) is 4.79 Å². The van der Waals surface area contributed by atoms with Gasteiger partial charge in [0.15, 0.2) is 0 Å². The van der Waals surface area contributed by atoms with Gasteiger partial charge in [0.05, 0.1) is 47.7 Å². The zero-order valence-electron chi connectivity index (χ0n) is 19.3. The molecule has 0 aromatic heterocycles. The van der Waals surface area contributed by atoms with E-state index in [9.17, 15) is 4.79 Å². The van der Waals surface area contributed by atoms with Crippen LogP contribution in [0.5, 0.6) is 0 Å². The van der Waals surface area contributed by atoms with Gasteiger partial charge in [-0.15, -0.1) is 0 Å². The highest BCUT2D eigenvalue weighted by Crippen LogP contribution is 2.02. The number of carbonyl (C=O) groups excluding carboxylic acids is 1. The Morgan fingerprint density at radius 3 is 1.63 bits per heavy atom. The smallest absolute Gasteiger partial charge is 0.307 e. The molecule has 0 atom stereocenters. The monoisotopic (exact) mass is 389 g/mol. The minimum absolute atomic E-state index is 0.0781. The molecule has 0 saturated heterocycles. The van der Waals surface area contributed by atoms with Gasteiger partial charge in [0.25, 0.3) is 0 Å². The Morgan fingerprint density at radius 2 is 1.26 bits per heavy atom. The Morgan fingerprint density at radius 1 is 0.815 bits per heavy atom. The molecule has 0 aliphatic heterocycles. The van der Waals surface area contributed by atoms with Crippen molar-refractivity contribution in [1.82, 2.24) is 14.7 Å². The van der Waals surface area contributed by atoms with Crippen LogP contribution in [0.1, 0.15) is 19.3 Å². The lowest BCUT2D eigenvalue weighted by Crippen LogP contribution is -3.05. The first-order valence-electron chi connectivity index (χ1n) is 10.4. The van der Waals surface area contributed by atoms with E-state index in [0.29, 0.717) is 6.42 Å². The summed E-state index contributed by atoms with van der Waals surface area (Å²) in [6.45, 7) is 6.73. The van der Waals surface area contributed by atoms with E-state index in [1.54, 1.807) is 0 Å². The Balaban J connectivity index is 4.45. The summed E-state index contributed by atoms with van der Waals surface area (Å²) in [4.78, 5) is 21.9. The summed E-state index contributed by atoms with van der Waals surface area (Å²) in [7, 11) is 16.8. The minimum atomic E-state index is -0.0785. The number of hydrogen-bond acceptors (Lipinski definition) is 5. The van der Waals surface area contributed by atoms with Crippen LogP contribution in [-0.4, -0.2) is 129 Å². The predicted octanol–water partition coefficient (Wildman–Crippen LogP) is -2.22. The third kappa shape index (κ3) is 17.1. The summed E-state index contributed by atoms with van der Waals surface area (Å²) in [5.74, 6) is -0.0785. The highest BCUT2D eigenvalue weighted by atomic mass is 16.5. The molecule has 0 bridgehead atoms. The van der Waals surface area contributed by atoms with Crippen LogP contribution >= 0.6 is 0 Å². The van der Waals surface area contributed by atoms with Gasteiger partial charge in [-0.25, -0.2) is 0 Å². The molecule has 0 amide bonds. The first-order chi connectivity index (χ1) is 12.6. The molecule has 0 aliphatic rings. The maximum Gasteiger partial charge on any atom is 0.307 e. The second kappa shape index (κ2) is 15.2. The van der Waals surface area contributed by atoms with Crippen molar-refractivity contribution in [3.63, 3.8) is 0 Å². The lowest BCUT2D eigenvalue weighted by atomic mass is 10.2. The van der Waals surface area contributed by atoms with E-state index in [2.05, 4.69) is 42.9 Å². The number of likely N-dealkylation sites (N-methyl/N-ethyl adjacent to an activating group) is 2. The van der Waals surface area contributed by atoms with Gasteiger partial charge in [0, 0.05) is 45.6 Å². The van der Waals surface area contributed by atoms with Crippen LogP contribution in [0.2, 0.25) is 0 Å². The molecule has 7 nitrogen and oxygen atoms in total. The number of nitrogens with one attached hydrogen (secondary N) is 2. The molecule has 0 fully saturated rings. The third-order valence-electron chi connectivity index (χ3n) is 4.37. The van der Waals surface area contributed by atoms with E-state index in [-0.39, 0.29) is 12.1 Å². The highest BCUT2D eigenvalue weighted by Gasteiger charge is 2.17. The van der Waals surface area contributed by atoms with E-state index in [1.807, 2.05) is 28.2 Å². The molecule has 0 unspecified atom stereocenters. The maximum absolute atomic E-state index is 12.4. The lowest BCUT2D eigenvalue weighted by Gasteiger charge is -2.26. The van der Waals surface area contributed by atoms with Crippen molar-refractivity contribution in [1.29, 1.82) is 0 Å². The van der Waals surface area contributed by atoms with Gasteiger partial charge in [0.2, 0.25) is 0 Å². The first-order valence-corrected chi connectivity index (χ1v) is 10.4. The largest absolute Gasteiger partial charge is 0.460 e. The Bertz CT molecular complexity index is 351. The van der Waals surface area contributed by atoms with Crippen LogP contribution in [-0.2, 0) is 9.53 Å². The molecular formula is C20H47N5O2+2. The number of nitrogens with zero attached hydrogens (tertiary/aromatic N) is 3. The minimum Gasteiger partial charge on any atom is -0.460 e. The molecule has 0 aliphatic carbocycles. The Kier molecular flexibility index (Phi) is 14.8. The van der Waals surface area contributed by atoms with Crippen LogP contribution in [0.3, 0.4) is 0 Å². The van der Waals surface area contributed by atoms with Gasteiger partial charge in [-0.2, -0.15) is 0 Å². The topological polar surface area (TPSA) is 44.9 Å². The van der Waals surface area contributed by atoms with Gasteiger partial charge in [0.1, 0.15) is 6.10 Å². The van der Waals surface area contributed by atoms with E-state index >= 15 is 0 Å². The van der Waals surface area contributed by atoms with E-state index in [1.165, 1.54) is 9.80 Å². The van der Waals surface area contributed by atoms with Gasteiger partial charge in [-0.05, 0) is 28.2 Å². The summed E-state index contributed by atoms with van der Waals surface area (Å²) in [5.41, 5.74) is 0. The van der Waals surface area contributed by atoms with Crippen molar-refractivity contribution in [2.45, 2.75) is 25.4 Å². The molecule has 0 radical (unpaired) electrons. The second-order valence-electron chi connectivity index (χ2n) is 8.85. The van der Waals surface area contributed by atoms with Crippen LogP contribution in [0.4, 0.5) is 0 Å². The molecule has 27 heavy (non-hydrogen) atoms. The average molecular weight is 390 g/mol. The standard InChI is InChI=1S/C20H45N5O2/c1-21(2)12-9-14-25(15-10-13-22(3)4)16-11-20(26)27-19(17-23(5)6)18-24(7)8/h19H,9-18H2,1-8H3/p+2. The van der Waals surface area contributed by atoms with E-state index < -0.39 is 0 Å². The Labute approximate surface area is 168 Å². The number of carbonyl (C=O) groups is 1. The van der Waals surface area contributed by atoms with E-state index in [4.69, 9.17) is 4.74 Å². The molecule has 162 valence electrons. The number of hydrogen-bond donors (Lipinski definition) is 2. The fourth-order valence-electron chi connectivity index (χ4n) is 3.09. The SMILES string of the molecule is CN(C)CC(CN(C)C)OC(=O)CCN(CCC[NH+](C)C)CCC[NH+](C)C. The van der Waals surface area contributed by atoms with E-state index in [0.717, 1.165) is 58.7 Å². The number of rotatable bonds is 16. The number of ether oxygens (including phenoxy) is 1. The molecule has 0 spiro atoms. The Hall–Kier alpha value is -0.730. The predicted molar refractivity (Wildman–Crippen MR) is 113 cm³/mol. The van der Waals surface area contributed by atoms with Crippen molar-refractivity contribution in [2.75, 3.05) is 102 Å². The summed E-state index contributed by atoms with van der Waals surface area (Å²) < 4.78 is 5.75. The molecule has 7 heteroatoms. The van der Waals surface area contributed by atoms with Crippen molar-refractivity contribution in [3.8, 4) is 0 Å². The van der Waals surface area contributed by atoms with Crippen molar-refractivity contribution >= 4 is 5.97 Å². The summed E-state index contributed by atoms with van der Waals surface area (Å²) in [5, 5.41) is 0. The molecule has 0 rings (SSSR count). The zero-order valence-corrected chi connectivity index (χ0v) is 19.3. The number of quaternary nitrogens is 2. The van der Waals surface area contributed by atoms with Crippen molar-refractivity contribution in [3.05, 3.63) is 0 Å². The van der Waals surface area contributed by atoms with Crippen LogP contribution in [0, 0.1) is 0 Å². The number of esters is 1. The first kappa shape index (κ1) is 26.3. The summed E-state index contributed by atoms with van der Waals surface area (Å²) >= 11 is 0. The summed E-state index contributed by atoms with van der Waals surface area (Å²) in [6.07, 6.45) is 2.72. The molecule has 0 aromatic rings. The van der Waals surface area contributed by atoms with Crippen LogP contribution < -0.4 is 9.80 Å². The molecule has 0 heterocycles. The van der Waals surface area contributed by atoms with Crippen LogP contribution in [0.15, 0.2) is 0 Å². The van der Waals surface area contributed by atoms with Gasteiger partial charge >= 0.3 is 5.97 Å². The normalized spacial score (nSPS) is 12.4. The fraction of sp³-hybridized carbons (Fsp3) is 0.950. The molecule has 2 N–H and O–H groups in total. The second-order valence-corrected chi connectivity index (χ2v) is 8.85. The summed E-state index contributed by atoms with van der Waals surface area (Å²) in [6, 6.07) is 0. The zero-order chi connectivity index (χ0) is 20.8.